The molecule has 1 aliphatic heterocycles. The standard InChI is InChI=1S/C17H37N3O/c1-15(2)5-9-19(10-6-16(3)4)13-17(21)14-20-11-7-18-8-12-20/h15-18,21H,5-14H2,1-4H3. The summed E-state index contributed by atoms with van der Waals surface area (Å²) < 4.78 is 0. The summed E-state index contributed by atoms with van der Waals surface area (Å²) in [5, 5.41) is 13.8. The van der Waals surface area contributed by atoms with Crippen molar-refractivity contribution in [1.82, 2.24) is 15.1 Å². The van der Waals surface area contributed by atoms with Crippen molar-refractivity contribution in [1.29, 1.82) is 0 Å². The van der Waals surface area contributed by atoms with Gasteiger partial charge in [0, 0.05) is 39.3 Å². The Labute approximate surface area is 131 Å². The van der Waals surface area contributed by atoms with Crippen molar-refractivity contribution in [3.05, 3.63) is 0 Å². The molecule has 1 aliphatic rings. The summed E-state index contributed by atoms with van der Waals surface area (Å²) in [5.74, 6) is 1.47. The number of hydrogen-bond donors (Lipinski definition) is 2. The molecule has 0 bridgehead atoms. The van der Waals surface area contributed by atoms with Crippen LogP contribution >= 0.6 is 0 Å². The van der Waals surface area contributed by atoms with E-state index in [0.717, 1.165) is 64.2 Å². The second-order valence-electron chi connectivity index (χ2n) is 7.37. The first kappa shape index (κ1) is 18.9. The molecule has 0 spiro atoms. The summed E-state index contributed by atoms with van der Waals surface area (Å²) >= 11 is 0. The Morgan fingerprint density at radius 3 is 2.00 bits per heavy atom. The second kappa shape index (κ2) is 10.5. The zero-order chi connectivity index (χ0) is 15.7. The minimum Gasteiger partial charge on any atom is -0.390 e. The lowest BCUT2D eigenvalue weighted by Gasteiger charge is -2.32. The molecule has 1 heterocycles. The van der Waals surface area contributed by atoms with Gasteiger partial charge >= 0.3 is 0 Å². The molecule has 1 fully saturated rings. The molecule has 0 aliphatic carbocycles. The molecule has 0 aromatic heterocycles. The van der Waals surface area contributed by atoms with Crippen LogP contribution in [0.3, 0.4) is 0 Å². The molecule has 0 amide bonds. The fourth-order valence-electron chi connectivity index (χ4n) is 2.72. The number of hydrogen-bond acceptors (Lipinski definition) is 4. The summed E-state index contributed by atoms with van der Waals surface area (Å²) in [4.78, 5) is 4.84. The normalized spacial score (nSPS) is 18.9. The first-order valence-electron chi connectivity index (χ1n) is 8.81. The predicted octanol–water partition coefficient (Wildman–Crippen LogP) is 1.65. The van der Waals surface area contributed by atoms with E-state index in [-0.39, 0.29) is 6.10 Å². The molecule has 0 aromatic carbocycles. The molecule has 4 heteroatoms. The zero-order valence-electron chi connectivity index (χ0n) is 14.6. The van der Waals surface area contributed by atoms with Crippen LogP contribution < -0.4 is 5.32 Å². The van der Waals surface area contributed by atoms with Crippen molar-refractivity contribution in [2.45, 2.75) is 46.6 Å². The van der Waals surface area contributed by atoms with E-state index in [2.05, 4.69) is 42.8 Å². The number of aliphatic hydroxyl groups excluding tert-OH is 1. The molecular formula is C17H37N3O. The topological polar surface area (TPSA) is 38.7 Å². The van der Waals surface area contributed by atoms with Gasteiger partial charge in [-0.1, -0.05) is 27.7 Å². The van der Waals surface area contributed by atoms with Gasteiger partial charge in [-0.05, 0) is 37.8 Å². The van der Waals surface area contributed by atoms with E-state index in [1.807, 2.05) is 0 Å². The molecule has 0 radical (unpaired) electrons. The lowest BCUT2D eigenvalue weighted by molar-refractivity contribution is 0.0663. The molecule has 1 rings (SSSR count). The molecule has 0 saturated carbocycles. The molecule has 21 heavy (non-hydrogen) atoms. The van der Waals surface area contributed by atoms with Crippen LogP contribution in [0.2, 0.25) is 0 Å². The quantitative estimate of drug-likeness (QED) is 0.643. The van der Waals surface area contributed by atoms with Gasteiger partial charge in [0.2, 0.25) is 0 Å². The Hall–Kier alpha value is -0.160. The van der Waals surface area contributed by atoms with Crippen LogP contribution in [0.4, 0.5) is 0 Å². The second-order valence-corrected chi connectivity index (χ2v) is 7.37. The van der Waals surface area contributed by atoms with E-state index < -0.39 is 0 Å². The highest BCUT2D eigenvalue weighted by Gasteiger charge is 2.17. The zero-order valence-corrected chi connectivity index (χ0v) is 14.6. The maximum Gasteiger partial charge on any atom is 0.0793 e. The van der Waals surface area contributed by atoms with Crippen LogP contribution in [0.1, 0.15) is 40.5 Å². The van der Waals surface area contributed by atoms with E-state index in [4.69, 9.17) is 0 Å². The van der Waals surface area contributed by atoms with Crippen molar-refractivity contribution in [3.63, 3.8) is 0 Å². The van der Waals surface area contributed by atoms with Crippen molar-refractivity contribution >= 4 is 0 Å². The first-order valence-corrected chi connectivity index (χ1v) is 8.81. The number of piperazine rings is 1. The van der Waals surface area contributed by atoms with Crippen molar-refractivity contribution in [2.75, 3.05) is 52.4 Å². The molecule has 1 atom stereocenters. The van der Waals surface area contributed by atoms with E-state index >= 15 is 0 Å². The van der Waals surface area contributed by atoms with Crippen LogP contribution in [0.5, 0.6) is 0 Å². The number of rotatable bonds is 10. The van der Waals surface area contributed by atoms with Gasteiger partial charge in [-0.3, -0.25) is 4.90 Å². The minimum atomic E-state index is -0.220. The van der Waals surface area contributed by atoms with E-state index in [0.29, 0.717) is 0 Å². The molecule has 126 valence electrons. The molecule has 2 N–H and O–H groups in total. The third-order valence-electron chi connectivity index (χ3n) is 4.19. The van der Waals surface area contributed by atoms with Gasteiger partial charge in [0.05, 0.1) is 6.10 Å². The number of nitrogens with one attached hydrogen (secondary N) is 1. The Kier molecular flexibility index (Phi) is 9.49. The summed E-state index contributed by atoms with van der Waals surface area (Å²) in [6.45, 7) is 17.2. The summed E-state index contributed by atoms with van der Waals surface area (Å²) in [7, 11) is 0. The highest BCUT2D eigenvalue weighted by Crippen LogP contribution is 2.08. The highest BCUT2D eigenvalue weighted by atomic mass is 16.3. The molecule has 1 unspecified atom stereocenters. The molecular weight excluding hydrogens is 262 g/mol. The van der Waals surface area contributed by atoms with Gasteiger partial charge in [0.25, 0.3) is 0 Å². The third kappa shape index (κ3) is 9.46. The number of β-amino-alcohol motifs (C(OH)–C–C–N with tert-alkyl or cyclic N) is 1. The number of nitrogens with zero attached hydrogens (tertiary/aromatic N) is 2. The minimum absolute atomic E-state index is 0.220. The van der Waals surface area contributed by atoms with Gasteiger partial charge < -0.3 is 15.3 Å². The van der Waals surface area contributed by atoms with Gasteiger partial charge in [0.1, 0.15) is 0 Å². The van der Waals surface area contributed by atoms with Gasteiger partial charge in [0.15, 0.2) is 0 Å². The van der Waals surface area contributed by atoms with Crippen molar-refractivity contribution < 1.29 is 5.11 Å². The van der Waals surface area contributed by atoms with Crippen molar-refractivity contribution in [2.24, 2.45) is 11.8 Å². The van der Waals surface area contributed by atoms with E-state index in [1.165, 1.54) is 12.8 Å². The highest BCUT2D eigenvalue weighted by molar-refractivity contribution is 4.74. The summed E-state index contributed by atoms with van der Waals surface area (Å²) in [6.07, 6.45) is 2.22. The van der Waals surface area contributed by atoms with Crippen LogP contribution in [0, 0.1) is 11.8 Å². The third-order valence-corrected chi connectivity index (χ3v) is 4.19. The Morgan fingerprint density at radius 2 is 1.52 bits per heavy atom. The SMILES string of the molecule is CC(C)CCN(CCC(C)C)CC(O)CN1CCNCC1. The van der Waals surface area contributed by atoms with Crippen LogP contribution in [0.25, 0.3) is 0 Å². The lowest BCUT2D eigenvalue weighted by atomic mass is 10.1. The summed E-state index contributed by atoms with van der Waals surface area (Å²) in [5.41, 5.74) is 0. The maximum absolute atomic E-state index is 10.4. The fourth-order valence-corrected chi connectivity index (χ4v) is 2.72. The molecule has 4 nitrogen and oxygen atoms in total. The number of aliphatic hydroxyl groups is 1. The van der Waals surface area contributed by atoms with Crippen molar-refractivity contribution in [3.8, 4) is 0 Å². The Balaban J connectivity index is 2.33. The summed E-state index contributed by atoms with van der Waals surface area (Å²) in [6, 6.07) is 0. The Morgan fingerprint density at radius 1 is 1.00 bits per heavy atom. The van der Waals surface area contributed by atoms with E-state index in [9.17, 15) is 5.11 Å². The first-order chi connectivity index (χ1) is 9.97. The van der Waals surface area contributed by atoms with Gasteiger partial charge in [-0.2, -0.15) is 0 Å². The van der Waals surface area contributed by atoms with E-state index in [1.54, 1.807) is 0 Å². The maximum atomic E-state index is 10.4. The van der Waals surface area contributed by atoms with Crippen LogP contribution in [0.15, 0.2) is 0 Å². The Bertz CT molecular complexity index is 240. The van der Waals surface area contributed by atoms with Gasteiger partial charge in [-0.15, -0.1) is 0 Å². The van der Waals surface area contributed by atoms with Crippen LogP contribution in [-0.2, 0) is 0 Å². The molecule has 1 saturated heterocycles. The fraction of sp³-hybridized carbons (Fsp3) is 1.00. The average molecular weight is 300 g/mol. The smallest absolute Gasteiger partial charge is 0.0793 e. The predicted molar refractivity (Wildman–Crippen MR) is 90.7 cm³/mol. The van der Waals surface area contributed by atoms with Crippen LogP contribution in [-0.4, -0.2) is 73.4 Å². The molecule has 0 aromatic rings. The lowest BCUT2D eigenvalue weighted by Crippen LogP contribution is -2.48. The largest absolute Gasteiger partial charge is 0.390 e. The van der Waals surface area contributed by atoms with Gasteiger partial charge in [-0.25, -0.2) is 0 Å². The average Bonchev–Trinajstić information content (AvgIpc) is 2.42. The monoisotopic (exact) mass is 299 g/mol.